The van der Waals surface area contributed by atoms with Gasteiger partial charge in [-0.15, -0.1) is 0 Å². The molecule has 0 aliphatic carbocycles. The first kappa shape index (κ1) is 15.7. The molecule has 0 saturated carbocycles. The zero-order valence-electron chi connectivity index (χ0n) is 10.8. The van der Waals surface area contributed by atoms with Crippen molar-refractivity contribution in [3.05, 3.63) is 58.7 Å². The highest BCUT2D eigenvalue weighted by atomic mass is 35.5. The molecule has 2 aromatic rings. The maximum atomic E-state index is 12.1. The molecule has 0 unspecified atom stereocenters. The van der Waals surface area contributed by atoms with Gasteiger partial charge < -0.3 is 5.73 Å². The fraction of sp³-hybridized carbons (Fsp3) is 0.0769. The molecule has 0 radical (unpaired) electrons. The van der Waals surface area contributed by atoms with Crippen LogP contribution in [0.1, 0.15) is 11.1 Å². The van der Waals surface area contributed by atoms with Gasteiger partial charge >= 0.3 is 0 Å². The van der Waals surface area contributed by atoms with Gasteiger partial charge in [0.05, 0.1) is 10.8 Å². The van der Waals surface area contributed by atoms with Crippen LogP contribution in [-0.2, 0) is 15.8 Å². The summed E-state index contributed by atoms with van der Waals surface area (Å²) in [5.41, 5.74) is 6.78. The van der Waals surface area contributed by atoms with Gasteiger partial charge in [0.2, 0.25) is 10.0 Å². The Balaban J connectivity index is 2.14. The van der Waals surface area contributed by atoms with Gasteiger partial charge in [-0.1, -0.05) is 48.1 Å². The maximum Gasteiger partial charge on any atom is 0.238 e. The van der Waals surface area contributed by atoms with Gasteiger partial charge in [0.15, 0.2) is 5.82 Å². The second-order valence-electron chi connectivity index (χ2n) is 4.26. The van der Waals surface area contributed by atoms with E-state index in [2.05, 4.69) is 9.71 Å². The van der Waals surface area contributed by atoms with Crippen LogP contribution in [-0.4, -0.2) is 18.4 Å². The molecule has 0 spiro atoms. The molecule has 1 aromatic heterocycles. The number of rotatable bonds is 5. The molecule has 3 N–H and O–H groups in total. The van der Waals surface area contributed by atoms with Crippen molar-refractivity contribution in [2.24, 2.45) is 5.73 Å². The predicted molar refractivity (Wildman–Crippen MR) is 87.8 cm³/mol. The topological polar surface area (TPSA) is 85.1 Å². The first-order valence-electron chi connectivity index (χ1n) is 5.87. The standard InChI is InChI=1S/C13H12ClN3O2S2/c14-11-2-1-7-16-13(11)17-21(18,19)8-9-3-5-10(6-4-9)12(15)20/h1-7H,8H2,(H2,15,20)(H,16,17). The minimum Gasteiger partial charge on any atom is -0.389 e. The van der Waals surface area contributed by atoms with Crippen LogP contribution in [0, 0.1) is 0 Å². The fourth-order valence-electron chi connectivity index (χ4n) is 1.63. The largest absolute Gasteiger partial charge is 0.389 e. The highest BCUT2D eigenvalue weighted by Crippen LogP contribution is 2.20. The van der Waals surface area contributed by atoms with Crippen LogP contribution in [0.2, 0.25) is 5.02 Å². The van der Waals surface area contributed by atoms with E-state index in [9.17, 15) is 8.42 Å². The van der Waals surface area contributed by atoms with Gasteiger partial charge in [0.25, 0.3) is 0 Å². The average molecular weight is 342 g/mol. The van der Waals surface area contributed by atoms with Crippen molar-refractivity contribution in [1.29, 1.82) is 0 Å². The smallest absolute Gasteiger partial charge is 0.238 e. The van der Waals surface area contributed by atoms with E-state index in [1.165, 1.54) is 6.20 Å². The highest BCUT2D eigenvalue weighted by molar-refractivity contribution is 7.91. The number of sulfonamides is 1. The van der Waals surface area contributed by atoms with Crippen LogP contribution in [0.3, 0.4) is 0 Å². The second kappa shape index (κ2) is 6.38. The lowest BCUT2D eigenvalue weighted by atomic mass is 10.1. The number of thiocarbonyl (C=S) groups is 1. The molecule has 0 aliphatic rings. The van der Waals surface area contributed by atoms with Crippen molar-refractivity contribution < 1.29 is 8.42 Å². The fourth-order valence-corrected chi connectivity index (χ4v) is 3.15. The predicted octanol–water partition coefficient (Wildman–Crippen LogP) is 2.31. The van der Waals surface area contributed by atoms with Gasteiger partial charge in [-0.3, -0.25) is 4.72 Å². The van der Waals surface area contributed by atoms with E-state index in [1.54, 1.807) is 36.4 Å². The van der Waals surface area contributed by atoms with E-state index in [1.807, 2.05) is 0 Å². The number of anilines is 1. The van der Waals surface area contributed by atoms with Crippen molar-refractivity contribution in [2.45, 2.75) is 5.75 Å². The summed E-state index contributed by atoms with van der Waals surface area (Å²) in [5, 5.41) is 0.241. The monoisotopic (exact) mass is 341 g/mol. The summed E-state index contributed by atoms with van der Waals surface area (Å²) in [6.45, 7) is 0. The quantitative estimate of drug-likeness (QED) is 0.815. The van der Waals surface area contributed by atoms with Gasteiger partial charge in [-0.2, -0.15) is 0 Å². The molecular formula is C13H12ClN3O2S2. The molecule has 0 atom stereocenters. The van der Waals surface area contributed by atoms with Crippen molar-refractivity contribution in [1.82, 2.24) is 4.98 Å². The molecule has 0 fully saturated rings. The van der Waals surface area contributed by atoms with Gasteiger partial charge in [-0.25, -0.2) is 13.4 Å². The molecule has 5 nitrogen and oxygen atoms in total. The molecule has 8 heteroatoms. The zero-order chi connectivity index (χ0) is 15.5. The van der Waals surface area contributed by atoms with Crippen molar-refractivity contribution in [2.75, 3.05) is 4.72 Å². The molecule has 0 bridgehead atoms. The van der Waals surface area contributed by atoms with Crippen LogP contribution in [0.25, 0.3) is 0 Å². The van der Waals surface area contributed by atoms with Crippen LogP contribution in [0.15, 0.2) is 42.6 Å². The summed E-state index contributed by atoms with van der Waals surface area (Å²) < 4.78 is 26.5. The molecule has 1 aromatic carbocycles. The Morgan fingerprint density at radius 1 is 1.29 bits per heavy atom. The number of aromatic nitrogens is 1. The molecule has 21 heavy (non-hydrogen) atoms. The summed E-state index contributed by atoms with van der Waals surface area (Å²) in [4.78, 5) is 4.15. The Kier molecular flexibility index (Phi) is 4.76. The first-order chi connectivity index (χ1) is 9.87. The molecule has 1 heterocycles. The third-order valence-electron chi connectivity index (χ3n) is 2.61. The number of nitrogens with zero attached hydrogens (tertiary/aromatic N) is 1. The number of benzene rings is 1. The third-order valence-corrected chi connectivity index (χ3v) is 4.36. The summed E-state index contributed by atoms with van der Waals surface area (Å²) in [6.07, 6.45) is 1.46. The number of halogens is 1. The molecule has 110 valence electrons. The number of hydrogen-bond acceptors (Lipinski definition) is 4. The number of nitrogens with one attached hydrogen (secondary N) is 1. The Labute approximate surface area is 133 Å². The van der Waals surface area contributed by atoms with Gasteiger partial charge in [0.1, 0.15) is 4.99 Å². The second-order valence-corrected chi connectivity index (χ2v) is 6.83. The van der Waals surface area contributed by atoms with Crippen molar-refractivity contribution >= 4 is 44.6 Å². The zero-order valence-corrected chi connectivity index (χ0v) is 13.2. The summed E-state index contributed by atoms with van der Waals surface area (Å²) >= 11 is 10.7. The minimum atomic E-state index is -3.60. The maximum absolute atomic E-state index is 12.1. The Hall–Kier alpha value is -1.70. The van der Waals surface area contributed by atoms with Crippen LogP contribution < -0.4 is 10.5 Å². The molecule has 2 rings (SSSR count). The average Bonchev–Trinajstić information content (AvgIpc) is 2.41. The van der Waals surface area contributed by atoms with E-state index in [0.717, 1.165) is 0 Å². The van der Waals surface area contributed by atoms with Crippen LogP contribution in [0.5, 0.6) is 0 Å². The number of pyridine rings is 1. The lowest BCUT2D eigenvalue weighted by Crippen LogP contribution is -2.16. The number of hydrogen-bond donors (Lipinski definition) is 2. The Bertz CT molecular complexity index is 761. The summed E-state index contributed by atoms with van der Waals surface area (Å²) in [5.74, 6) is -0.0868. The minimum absolute atomic E-state index is 0.110. The molecule has 0 saturated heterocycles. The lowest BCUT2D eigenvalue weighted by Gasteiger charge is -2.09. The van der Waals surface area contributed by atoms with Crippen molar-refractivity contribution in [3.8, 4) is 0 Å². The van der Waals surface area contributed by atoms with E-state index in [4.69, 9.17) is 29.6 Å². The Morgan fingerprint density at radius 3 is 2.52 bits per heavy atom. The Morgan fingerprint density at radius 2 is 1.95 bits per heavy atom. The normalized spacial score (nSPS) is 11.1. The summed E-state index contributed by atoms with van der Waals surface area (Å²) in [6, 6.07) is 9.86. The molecule has 0 amide bonds. The lowest BCUT2D eigenvalue weighted by molar-refractivity contribution is 0.600. The molecular weight excluding hydrogens is 330 g/mol. The SMILES string of the molecule is NC(=S)c1ccc(CS(=O)(=O)Nc2ncccc2Cl)cc1. The van der Waals surface area contributed by atoms with Crippen LogP contribution in [0.4, 0.5) is 5.82 Å². The van der Waals surface area contributed by atoms with E-state index in [-0.39, 0.29) is 21.6 Å². The van der Waals surface area contributed by atoms with Gasteiger partial charge in [0, 0.05) is 11.8 Å². The van der Waals surface area contributed by atoms with E-state index < -0.39 is 10.0 Å². The van der Waals surface area contributed by atoms with Gasteiger partial charge in [-0.05, 0) is 17.7 Å². The highest BCUT2D eigenvalue weighted by Gasteiger charge is 2.14. The van der Waals surface area contributed by atoms with E-state index in [0.29, 0.717) is 11.1 Å². The third kappa shape index (κ3) is 4.38. The van der Waals surface area contributed by atoms with Crippen molar-refractivity contribution in [3.63, 3.8) is 0 Å². The number of nitrogens with two attached hydrogens (primary N) is 1. The van der Waals surface area contributed by atoms with Crippen LogP contribution >= 0.6 is 23.8 Å². The first-order valence-corrected chi connectivity index (χ1v) is 8.31. The van der Waals surface area contributed by atoms with E-state index >= 15 is 0 Å². The molecule has 0 aliphatic heterocycles. The summed E-state index contributed by atoms with van der Waals surface area (Å²) in [7, 11) is -3.60.